The van der Waals surface area contributed by atoms with Crippen LogP contribution in [-0.4, -0.2) is 0 Å². The fourth-order valence-corrected chi connectivity index (χ4v) is 3.63. The maximum Gasteiger partial charge on any atom is 0.0706 e. The van der Waals surface area contributed by atoms with Crippen LogP contribution in [0.5, 0.6) is 0 Å². The molecule has 0 aliphatic rings. The Morgan fingerprint density at radius 1 is 1.12 bits per heavy atom. The van der Waals surface area contributed by atoms with Gasteiger partial charge in [0.1, 0.15) is 0 Å². The van der Waals surface area contributed by atoms with E-state index >= 15 is 0 Å². The van der Waals surface area contributed by atoms with Crippen molar-refractivity contribution >= 4 is 22.9 Å². The monoisotopic (exact) mass is 258 g/mol. The molecule has 0 saturated carbocycles. The van der Waals surface area contributed by atoms with Gasteiger partial charge in [-0.15, -0.1) is 22.9 Å². The summed E-state index contributed by atoms with van der Waals surface area (Å²) < 4.78 is 0. The minimum absolute atomic E-state index is 0.227. The predicted octanol–water partition coefficient (Wildman–Crippen LogP) is 5.81. The highest BCUT2D eigenvalue weighted by molar-refractivity contribution is 7.12. The molecule has 0 fully saturated rings. The topological polar surface area (TPSA) is 0 Å². The van der Waals surface area contributed by atoms with Gasteiger partial charge in [0.25, 0.3) is 0 Å². The second-order valence-corrected chi connectivity index (χ2v) is 6.07. The Labute approximate surface area is 109 Å². The third-order valence-corrected chi connectivity index (χ3v) is 5.07. The van der Waals surface area contributed by atoms with Gasteiger partial charge in [0.2, 0.25) is 0 Å². The van der Waals surface area contributed by atoms with E-state index in [1.165, 1.54) is 35.4 Å². The Balaban J connectivity index is 2.68. The lowest BCUT2D eigenvalue weighted by Gasteiger charge is -2.20. The number of halogens is 1. The van der Waals surface area contributed by atoms with Crippen LogP contribution < -0.4 is 0 Å². The standard InChI is InChI=1S/C14H23ClS/c1-4-7-11(8-5-2)14(15)13-10-9-12(6-3)16-13/h9-11,14H,4-8H2,1-3H3. The van der Waals surface area contributed by atoms with Crippen LogP contribution in [0.25, 0.3) is 0 Å². The Hall–Kier alpha value is -0.0100. The molecule has 1 unspecified atom stereocenters. The van der Waals surface area contributed by atoms with Gasteiger partial charge in [-0.3, -0.25) is 0 Å². The van der Waals surface area contributed by atoms with Crippen molar-refractivity contribution in [2.45, 2.75) is 58.3 Å². The van der Waals surface area contributed by atoms with Gasteiger partial charge in [0, 0.05) is 9.75 Å². The van der Waals surface area contributed by atoms with Crippen LogP contribution in [0.1, 0.15) is 61.6 Å². The highest BCUT2D eigenvalue weighted by atomic mass is 35.5. The first-order valence-corrected chi connectivity index (χ1v) is 7.70. The van der Waals surface area contributed by atoms with E-state index in [0.29, 0.717) is 5.92 Å². The number of thiophene rings is 1. The van der Waals surface area contributed by atoms with E-state index in [2.05, 4.69) is 32.9 Å². The van der Waals surface area contributed by atoms with Crippen LogP contribution in [0, 0.1) is 5.92 Å². The predicted molar refractivity (Wildman–Crippen MR) is 75.6 cm³/mol. The minimum Gasteiger partial charge on any atom is -0.144 e. The highest BCUT2D eigenvalue weighted by Crippen LogP contribution is 2.38. The SMILES string of the molecule is CCCC(CCC)C(Cl)c1ccc(CC)s1. The molecule has 0 saturated heterocycles. The summed E-state index contributed by atoms with van der Waals surface area (Å²) >= 11 is 8.50. The van der Waals surface area contributed by atoms with Gasteiger partial charge in [-0.1, -0.05) is 33.6 Å². The van der Waals surface area contributed by atoms with Crippen molar-refractivity contribution in [1.82, 2.24) is 0 Å². The number of aryl methyl sites for hydroxylation is 1. The molecule has 0 N–H and O–H groups in total. The molecule has 0 radical (unpaired) electrons. The van der Waals surface area contributed by atoms with Crippen molar-refractivity contribution < 1.29 is 0 Å². The summed E-state index contributed by atoms with van der Waals surface area (Å²) in [4.78, 5) is 2.82. The maximum absolute atomic E-state index is 6.61. The normalized spacial score (nSPS) is 13.3. The summed E-state index contributed by atoms with van der Waals surface area (Å²) in [6, 6.07) is 4.45. The average Bonchev–Trinajstić information content (AvgIpc) is 2.76. The fraction of sp³-hybridized carbons (Fsp3) is 0.714. The maximum atomic E-state index is 6.61. The molecular formula is C14H23ClS. The molecule has 1 aromatic rings. The van der Waals surface area contributed by atoms with Gasteiger partial charge < -0.3 is 0 Å². The zero-order chi connectivity index (χ0) is 12.0. The lowest BCUT2D eigenvalue weighted by molar-refractivity contribution is 0.429. The average molecular weight is 259 g/mol. The summed E-state index contributed by atoms with van der Waals surface area (Å²) in [5.41, 5.74) is 0. The van der Waals surface area contributed by atoms with Crippen LogP contribution in [0.4, 0.5) is 0 Å². The zero-order valence-electron chi connectivity index (χ0n) is 10.6. The molecule has 1 aromatic heterocycles. The van der Waals surface area contributed by atoms with Gasteiger partial charge in [-0.25, -0.2) is 0 Å². The Morgan fingerprint density at radius 2 is 1.75 bits per heavy atom. The highest BCUT2D eigenvalue weighted by Gasteiger charge is 2.20. The molecular weight excluding hydrogens is 236 g/mol. The lowest BCUT2D eigenvalue weighted by Crippen LogP contribution is -2.06. The van der Waals surface area contributed by atoms with Gasteiger partial charge >= 0.3 is 0 Å². The summed E-state index contributed by atoms with van der Waals surface area (Å²) in [5, 5.41) is 0.227. The third kappa shape index (κ3) is 3.78. The Morgan fingerprint density at radius 3 is 2.19 bits per heavy atom. The van der Waals surface area contributed by atoms with Crippen LogP contribution in [-0.2, 0) is 6.42 Å². The molecule has 0 spiro atoms. The van der Waals surface area contributed by atoms with Crippen molar-refractivity contribution in [3.63, 3.8) is 0 Å². The summed E-state index contributed by atoms with van der Waals surface area (Å²) in [7, 11) is 0. The Kier molecular flexibility index (Phi) is 6.45. The summed E-state index contributed by atoms with van der Waals surface area (Å²) in [6.45, 7) is 6.70. The molecule has 16 heavy (non-hydrogen) atoms. The second kappa shape index (κ2) is 7.34. The van der Waals surface area contributed by atoms with E-state index in [0.717, 1.165) is 6.42 Å². The Bertz CT molecular complexity index is 287. The first-order chi connectivity index (χ1) is 7.72. The molecule has 0 aliphatic heterocycles. The molecule has 92 valence electrons. The summed E-state index contributed by atoms with van der Waals surface area (Å²) in [6.07, 6.45) is 6.10. The molecule has 1 heterocycles. The van der Waals surface area contributed by atoms with Crippen molar-refractivity contribution in [3.8, 4) is 0 Å². The molecule has 0 nitrogen and oxygen atoms in total. The van der Waals surface area contributed by atoms with Gasteiger partial charge in [0.15, 0.2) is 0 Å². The number of alkyl halides is 1. The molecule has 1 atom stereocenters. The number of rotatable bonds is 7. The smallest absolute Gasteiger partial charge is 0.0706 e. The molecule has 0 aliphatic carbocycles. The van der Waals surface area contributed by atoms with Gasteiger partial charge in [-0.2, -0.15) is 0 Å². The first-order valence-electron chi connectivity index (χ1n) is 6.45. The van der Waals surface area contributed by atoms with E-state index in [1.807, 2.05) is 11.3 Å². The van der Waals surface area contributed by atoms with Gasteiger partial charge in [-0.05, 0) is 37.3 Å². The van der Waals surface area contributed by atoms with E-state index < -0.39 is 0 Å². The molecule has 0 aromatic carbocycles. The van der Waals surface area contributed by atoms with Crippen LogP contribution in [0.15, 0.2) is 12.1 Å². The largest absolute Gasteiger partial charge is 0.144 e. The summed E-state index contributed by atoms with van der Waals surface area (Å²) in [5.74, 6) is 0.653. The first kappa shape index (κ1) is 14.1. The van der Waals surface area contributed by atoms with Crippen molar-refractivity contribution in [1.29, 1.82) is 0 Å². The zero-order valence-corrected chi connectivity index (χ0v) is 12.2. The van der Waals surface area contributed by atoms with E-state index in [4.69, 9.17) is 11.6 Å². The van der Waals surface area contributed by atoms with Crippen molar-refractivity contribution in [3.05, 3.63) is 21.9 Å². The minimum atomic E-state index is 0.227. The van der Waals surface area contributed by atoms with E-state index in [1.54, 1.807) is 0 Å². The van der Waals surface area contributed by atoms with Crippen LogP contribution in [0.2, 0.25) is 0 Å². The van der Waals surface area contributed by atoms with Crippen molar-refractivity contribution in [2.24, 2.45) is 5.92 Å². The molecule has 0 bridgehead atoms. The van der Waals surface area contributed by atoms with Crippen LogP contribution in [0.3, 0.4) is 0 Å². The van der Waals surface area contributed by atoms with E-state index in [9.17, 15) is 0 Å². The molecule has 1 rings (SSSR count). The lowest BCUT2D eigenvalue weighted by atomic mass is 9.94. The van der Waals surface area contributed by atoms with Crippen LogP contribution >= 0.6 is 22.9 Å². The third-order valence-electron chi connectivity index (χ3n) is 3.04. The van der Waals surface area contributed by atoms with E-state index in [-0.39, 0.29) is 5.38 Å². The number of hydrogen-bond donors (Lipinski definition) is 0. The van der Waals surface area contributed by atoms with Gasteiger partial charge in [0.05, 0.1) is 5.38 Å². The number of hydrogen-bond acceptors (Lipinski definition) is 1. The molecule has 0 amide bonds. The van der Waals surface area contributed by atoms with Crippen molar-refractivity contribution in [2.75, 3.05) is 0 Å². The second-order valence-electron chi connectivity index (χ2n) is 4.40. The fourth-order valence-electron chi connectivity index (χ4n) is 2.14. The quantitative estimate of drug-likeness (QED) is 0.542. The molecule has 2 heteroatoms.